The van der Waals surface area contributed by atoms with Gasteiger partial charge in [0.25, 0.3) is 0 Å². The lowest BCUT2D eigenvalue weighted by molar-refractivity contribution is 0.235. The molecule has 0 fully saturated rings. The van der Waals surface area contributed by atoms with Gasteiger partial charge in [0.2, 0.25) is 0 Å². The lowest BCUT2D eigenvalue weighted by Crippen LogP contribution is -2.46. The number of carbonyl (C=O) groups excluding carboxylic acids is 2. The van der Waals surface area contributed by atoms with Crippen molar-refractivity contribution in [3.63, 3.8) is 0 Å². The third kappa shape index (κ3) is 2.67. The van der Waals surface area contributed by atoms with E-state index >= 15 is 0 Å². The molecular weight excluding hydrogens is 232 g/mol. The fraction of sp³-hybridized carbons (Fsp3) is 0. The average molecular weight is 244 g/mol. The molecule has 0 aliphatic carbocycles. The van der Waals surface area contributed by atoms with Gasteiger partial charge in [-0.2, -0.15) is 0 Å². The number of fused-ring (bicyclic) bond motifs is 1. The van der Waals surface area contributed by atoms with Crippen LogP contribution in [0.3, 0.4) is 0 Å². The highest BCUT2D eigenvalue weighted by molar-refractivity contribution is 6.01. The summed E-state index contributed by atoms with van der Waals surface area (Å²) >= 11 is 0. The van der Waals surface area contributed by atoms with Crippen LogP contribution in [0.25, 0.3) is 10.8 Å². The van der Waals surface area contributed by atoms with Crippen LogP contribution >= 0.6 is 0 Å². The largest absolute Gasteiger partial charge is 0.350 e. The highest BCUT2D eigenvalue weighted by Gasteiger charge is 2.04. The number of hydrazine groups is 1. The normalized spacial score (nSPS) is 9.78. The molecule has 0 saturated carbocycles. The molecule has 4 amide bonds. The van der Waals surface area contributed by atoms with E-state index in [2.05, 4.69) is 10.7 Å². The molecule has 0 aromatic heterocycles. The Labute approximate surface area is 103 Å². The Morgan fingerprint density at radius 1 is 0.944 bits per heavy atom. The van der Waals surface area contributed by atoms with Crippen LogP contribution in [-0.2, 0) is 0 Å². The van der Waals surface area contributed by atoms with Crippen molar-refractivity contribution in [1.82, 2.24) is 10.9 Å². The molecule has 92 valence electrons. The average Bonchev–Trinajstić information content (AvgIpc) is 2.37. The number of anilines is 1. The van der Waals surface area contributed by atoms with Crippen molar-refractivity contribution < 1.29 is 9.59 Å². The Morgan fingerprint density at radius 2 is 1.67 bits per heavy atom. The lowest BCUT2D eigenvalue weighted by Gasteiger charge is -2.09. The Hall–Kier alpha value is -2.76. The summed E-state index contributed by atoms with van der Waals surface area (Å²) in [7, 11) is 0. The van der Waals surface area contributed by atoms with E-state index in [0.717, 1.165) is 10.8 Å². The van der Waals surface area contributed by atoms with E-state index in [0.29, 0.717) is 5.69 Å². The minimum absolute atomic E-state index is 0.565. The van der Waals surface area contributed by atoms with Gasteiger partial charge in [-0.3, -0.25) is 0 Å². The van der Waals surface area contributed by atoms with Crippen molar-refractivity contribution in [2.45, 2.75) is 0 Å². The van der Waals surface area contributed by atoms with Crippen LogP contribution in [0, 0.1) is 0 Å². The number of benzene rings is 2. The molecule has 0 bridgehead atoms. The van der Waals surface area contributed by atoms with Crippen LogP contribution in [0.2, 0.25) is 0 Å². The number of hydrogen-bond acceptors (Lipinski definition) is 2. The van der Waals surface area contributed by atoms with Crippen molar-refractivity contribution in [1.29, 1.82) is 0 Å². The highest BCUT2D eigenvalue weighted by Crippen LogP contribution is 2.22. The number of urea groups is 2. The summed E-state index contributed by atoms with van der Waals surface area (Å²) in [5.74, 6) is 0. The number of hydrogen-bond donors (Lipinski definition) is 4. The molecule has 0 radical (unpaired) electrons. The Bertz CT molecular complexity index is 592. The number of primary amides is 1. The molecular formula is C12H12N4O2. The van der Waals surface area contributed by atoms with Crippen molar-refractivity contribution in [2.75, 3.05) is 5.32 Å². The van der Waals surface area contributed by atoms with Gasteiger partial charge in [-0.1, -0.05) is 36.4 Å². The first kappa shape index (κ1) is 11.7. The first-order valence-electron chi connectivity index (χ1n) is 5.27. The van der Waals surface area contributed by atoms with Gasteiger partial charge in [0.05, 0.1) is 5.69 Å². The number of nitrogens with two attached hydrogens (primary N) is 1. The van der Waals surface area contributed by atoms with Crippen molar-refractivity contribution in [2.24, 2.45) is 5.73 Å². The maximum absolute atomic E-state index is 11.5. The highest BCUT2D eigenvalue weighted by atomic mass is 16.2. The molecule has 0 atom stereocenters. The summed E-state index contributed by atoms with van der Waals surface area (Å²) in [5, 5.41) is 4.54. The summed E-state index contributed by atoms with van der Waals surface area (Å²) in [5.41, 5.74) is 9.59. The predicted molar refractivity (Wildman–Crippen MR) is 68.8 cm³/mol. The van der Waals surface area contributed by atoms with Crippen LogP contribution in [0.4, 0.5) is 15.3 Å². The van der Waals surface area contributed by atoms with Gasteiger partial charge < -0.3 is 11.1 Å². The Kier molecular flexibility index (Phi) is 3.29. The van der Waals surface area contributed by atoms with Gasteiger partial charge in [-0.05, 0) is 11.5 Å². The van der Waals surface area contributed by atoms with Crippen LogP contribution in [-0.4, -0.2) is 12.1 Å². The predicted octanol–water partition coefficient (Wildman–Crippen LogP) is 1.54. The SMILES string of the molecule is NC(=O)NNC(=O)Nc1cccc2ccccc12. The molecule has 0 heterocycles. The molecule has 0 spiro atoms. The van der Waals surface area contributed by atoms with E-state index in [-0.39, 0.29) is 0 Å². The zero-order valence-electron chi connectivity index (χ0n) is 9.44. The van der Waals surface area contributed by atoms with Crippen LogP contribution in [0.15, 0.2) is 42.5 Å². The third-order valence-corrected chi connectivity index (χ3v) is 2.34. The maximum Gasteiger partial charge on any atom is 0.337 e. The van der Waals surface area contributed by atoms with Gasteiger partial charge in [0.15, 0.2) is 0 Å². The molecule has 2 aromatic carbocycles. The first-order valence-corrected chi connectivity index (χ1v) is 5.27. The second-order valence-electron chi connectivity index (χ2n) is 3.60. The van der Waals surface area contributed by atoms with Gasteiger partial charge in [-0.25, -0.2) is 20.4 Å². The van der Waals surface area contributed by atoms with Crippen LogP contribution < -0.4 is 21.9 Å². The van der Waals surface area contributed by atoms with E-state index in [4.69, 9.17) is 5.73 Å². The minimum atomic E-state index is -0.830. The van der Waals surface area contributed by atoms with Gasteiger partial charge in [0, 0.05) is 5.39 Å². The summed E-state index contributed by atoms with van der Waals surface area (Å²) in [6, 6.07) is 11.8. The molecule has 0 saturated heterocycles. The second kappa shape index (κ2) is 5.05. The smallest absolute Gasteiger partial charge is 0.337 e. The maximum atomic E-state index is 11.5. The van der Waals surface area contributed by atoms with Gasteiger partial charge in [0.1, 0.15) is 0 Å². The van der Waals surface area contributed by atoms with Crippen molar-refractivity contribution in [3.05, 3.63) is 42.5 Å². The number of amides is 4. The lowest BCUT2D eigenvalue weighted by atomic mass is 10.1. The molecule has 2 aromatic rings. The summed E-state index contributed by atoms with van der Waals surface area (Å²) in [6.07, 6.45) is 0. The molecule has 2 rings (SSSR count). The molecule has 6 nitrogen and oxygen atoms in total. The van der Waals surface area contributed by atoms with Crippen LogP contribution in [0.1, 0.15) is 0 Å². The van der Waals surface area contributed by atoms with Crippen LogP contribution in [0.5, 0.6) is 0 Å². The number of rotatable bonds is 1. The van der Waals surface area contributed by atoms with E-state index < -0.39 is 12.1 Å². The van der Waals surface area contributed by atoms with Crippen molar-refractivity contribution in [3.8, 4) is 0 Å². The van der Waals surface area contributed by atoms with Gasteiger partial charge in [-0.15, -0.1) is 0 Å². The van der Waals surface area contributed by atoms with Crippen molar-refractivity contribution >= 4 is 28.5 Å². The van der Waals surface area contributed by atoms with Gasteiger partial charge >= 0.3 is 12.1 Å². The van der Waals surface area contributed by atoms with E-state index in [9.17, 15) is 9.59 Å². The van der Waals surface area contributed by atoms with E-state index in [1.807, 2.05) is 41.8 Å². The third-order valence-electron chi connectivity index (χ3n) is 2.34. The number of nitrogens with one attached hydrogen (secondary N) is 3. The fourth-order valence-electron chi connectivity index (χ4n) is 1.61. The summed E-state index contributed by atoms with van der Waals surface area (Å²) in [4.78, 5) is 21.9. The minimum Gasteiger partial charge on any atom is -0.350 e. The quantitative estimate of drug-likeness (QED) is 0.572. The number of carbonyl (C=O) groups is 2. The zero-order valence-corrected chi connectivity index (χ0v) is 9.44. The van der Waals surface area contributed by atoms with E-state index in [1.165, 1.54) is 0 Å². The molecule has 6 heteroatoms. The Balaban J connectivity index is 2.16. The molecule has 0 aliphatic heterocycles. The summed E-state index contributed by atoms with van der Waals surface area (Å²) in [6.45, 7) is 0. The topological polar surface area (TPSA) is 96.2 Å². The zero-order chi connectivity index (χ0) is 13.0. The molecule has 18 heavy (non-hydrogen) atoms. The molecule has 0 aliphatic rings. The summed E-state index contributed by atoms with van der Waals surface area (Å²) < 4.78 is 0. The Morgan fingerprint density at radius 3 is 2.44 bits per heavy atom. The molecule has 5 N–H and O–H groups in total. The standard InChI is InChI=1S/C12H12N4O2/c13-11(17)15-16-12(18)14-10-7-3-5-8-4-1-2-6-9(8)10/h1-7H,(H3,13,15,17)(H2,14,16,18). The molecule has 0 unspecified atom stereocenters. The fourth-order valence-corrected chi connectivity index (χ4v) is 1.61. The second-order valence-corrected chi connectivity index (χ2v) is 3.60. The monoisotopic (exact) mass is 244 g/mol. The first-order chi connectivity index (χ1) is 8.66. The van der Waals surface area contributed by atoms with E-state index in [1.54, 1.807) is 6.07 Å².